The van der Waals surface area contributed by atoms with E-state index in [-0.39, 0.29) is 17.9 Å². The lowest BCUT2D eigenvalue weighted by atomic mass is 9.84. The van der Waals surface area contributed by atoms with Crippen LogP contribution in [0.2, 0.25) is 0 Å². The Bertz CT molecular complexity index is 1100. The number of anilines is 1. The fourth-order valence-corrected chi connectivity index (χ4v) is 4.25. The van der Waals surface area contributed by atoms with Crippen LogP contribution in [0.1, 0.15) is 35.7 Å². The second kappa shape index (κ2) is 10.0. The number of morpholine rings is 1. The molecule has 0 radical (unpaired) electrons. The molecular weight excluding hydrogens is 416 g/mol. The Labute approximate surface area is 193 Å². The molecule has 0 unspecified atom stereocenters. The number of carbonyl (C=O) groups excluding carboxylic acids is 1. The highest BCUT2D eigenvalue weighted by Crippen LogP contribution is 2.29. The van der Waals surface area contributed by atoms with Gasteiger partial charge in [-0.1, -0.05) is 60.7 Å². The van der Waals surface area contributed by atoms with Crippen molar-refractivity contribution in [2.24, 2.45) is 0 Å². The van der Waals surface area contributed by atoms with Crippen LogP contribution in [0.3, 0.4) is 0 Å². The number of nitrogens with zero attached hydrogens (tertiary/aromatic N) is 2. The van der Waals surface area contributed by atoms with E-state index in [1.54, 1.807) is 0 Å². The normalized spacial score (nSPS) is 14.2. The van der Waals surface area contributed by atoms with Gasteiger partial charge in [0.1, 0.15) is 0 Å². The van der Waals surface area contributed by atoms with Crippen molar-refractivity contribution in [3.05, 3.63) is 93.4 Å². The Morgan fingerprint density at radius 2 is 1.64 bits per heavy atom. The number of carbonyl (C=O) groups is 1. The average molecular weight is 447 g/mol. The zero-order chi connectivity index (χ0) is 23.3. The van der Waals surface area contributed by atoms with Crippen LogP contribution >= 0.6 is 0 Å². The average Bonchev–Trinajstić information content (AvgIpc) is 2.85. The Morgan fingerprint density at radius 1 is 1.06 bits per heavy atom. The smallest absolute Gasteiger partial charge is 0.255 e. The maximum atomic E-state index is 13.0. The van der Waals surface area contributed by atoms with E-state index >= 15 is 0 Å². The molecule has 1 aromatic heterocycles. The molecule has 0 atom stereocenters. The molecule has 0 spiro atoms. The first-order valence-electron chi connectivity index (χ1n) is 11.3. The summed E-state index contributed by atoms with van der Waals surface area (Å²) in [5, 5.41) is 3.20. The number of benzene rings is 2. The van der Waals surface area contributed by atoms with Gasteiger partial charge >= 0.3 is 0 Å². The topological polar surface area (TPSA) is 87.3 Å². The van der Waals surface area contributed by atoms with Gasteiger partial charge in [0.15, 0.2) is 0 Å². The molecule has 0 bridgehead atoms. The maximum Gasteiger partial charge on any atom is 0.255 e. The van der Waals surface area contributed by atoms with Crippen molar-refractivity contribution in [2.45, 2.75) is 32.2 Å². The summed E-state index contributed by atoms with van der Waals surface area (Å²) in [6, 6.07) is 19.8. The van der Waals surface area contributed by atoms with Crippen LogP contribution < -0.4 is 15.8 Å². The molecule has 1 fully saturated rings. The number of aryl methyl sites for hydroxylation is 1. The second-order valence-electron chi connectivity index (χ2n) is 8.46. The zero-order valence-electron chi connectivity index (χ0n) is 19.1. The lowest BCUT2D eigenvalue weighted by Gasteiger charge is -2.32. The predicted molar refractivity (Wildman–Crippen MR) is 128 cm³/mol. The molecule has 172 valence electrons. The Morgan fingerprint density at radius 3 is 2.18 bits per heavy atom. The second-order valence-corrected chi connectivity index (χ2v) is 8.46. The van der Waals surface area contributed by atoms with Crippen molar-refractivity contribution in [2.75, 3.05) is 31.2 Å². The van der Waals surface area contributed by atoms with Gasteiger partial charge in [-0.3, -0.25) is 14.6 Å². The zero-order valence-corrected chi connectivity index (χ0v) is 19.1. The van der Waals surface area contributed by atoms with Gasteiger partial charge in [-0.25, -0.2) is 4.98 Å². The molecule has 2 aromatic carbocycles. The van der Waals surface area contributed by atoms with Crippen molar-refractivity contribution in [3.8, 4) is 0 Å². The van der Waals surface area contributed by atoms with E-state index in [0.717, 1.165) is 11.1 Å². The van der Waals surface area contributed by atoms with E-state index in [1.807, 2.05) is 79.4 Å². The highest BCUT2D eigenvalue weighted by Gasteiger charge is 2.30. The maximum absolute atomic E-state index is 13.0. The number of nitrogens with one attached hydrogen (secondary N) is 2. The number of aromatic nitrogens is 2. The molecule has 1 amide bonds. The van der Waals surface area contributed by atoms with Crippen molar-refractivity contribution in [1.29, 1.82) is 0 Å². The van der Waals surface area contributed by atoms with Crippen molar-refractivity contribution in [3.63, 3.8) is 0 Å². The number of hydrogen-bond donors (Lipinski definition) is 2. The number of ether oxygens (including phenoxy) is 1. The number of amides is 1. The Kier molecular flexibility index (Phi) is 6.89. The van der Waals surface area contributed by atoms with Crippen molar-refractivity contribution in [1.82, 2.24) is 15.3 Å². The predicted octanol–water partition coefficient (Wildman–Crippen LogP) is 2.93. The SMILES string of the molecule is Cc1nc(N2CCOCC2)[nH]c(=O)c1CCC(=O)NC(C)(c1ccccc1)c1ccccc1. The fourth-order valence-electron chi connectivity index (χ4n) is 4.25. The summed E-state index contributed by atoms with van der Waals surface area (Å²) >= 11 is 0. The van der Waals surface area contributed by atoms with Gasteiger partial charge in [0, 0.05) is 30.8 Å². The first-order chi connectivity index (χ1) is 16.0. The van der Waals surface area contributed by atoms with E-state index in [4.69, 9.17) is 4.74 Å². The van der Waals surface area contributed by atoms with Crippen LogP contribution in [-0.4, -0.2) is 42.2 Å². The molecule has 4 rings (SSSR count). The summed E-state index contributed by atoms with van der Waals surface area (Å²) in [6.07, 6.45) is 0.515. The monoisotopic (exact) mass is 446 g/mol. The first kappa shape index (κ1) is 22.7. The molecule has 2 N–H and O–H groups in total. The van der Waals surface area contributed by atoms with E-state index in [1.165, 1.54) is 0 Å². The quantitative estimate of drug-likeness (QED) is 0.583. The molecule has 2 heterocycles. The molecule has 7 heteroatoms. The lowest BCUT2D eigenvalue weighted by Crippen LogP contribution is -2.44. The lowest BCUT2D eigenvalue weighted by molar-refractivity contribution is -0.122. The standard InChI is InChI=1S/C26H30N4O3/c1-19-22(24(32)28-25(27-19)30-15-17-33-18-16-30)13-14-23(31)29-26(2,20-9-5-3-6-10-20)21-11-7-4-8-12-21/h3-12H,13-18H2,1-2H3,(H,29,31)(H,27,28,32). The number of hydrogen-bond acceptors (Lipinski definition) is 5. The fraction of sp³-hybridized carbons (Fsp3) is 0.346. The van der Waals surface area contributed by atoms with Crippen molar-refractivity contribution >= 4 is 11.9 Å². The molecule has 1 aliphatic heterocycles. The Balaban J connectivity index is 1.49. The molecule has 7 nitrogen and oxygen atoms in total. The summed E-state index contributed by atoms with van der Waals surface area (Å²) in [4.78, 5) is 35.3. The minimum Gasteiger partial charge on any atom is -0.378 e. The van der Waals surface area contributed by atoms with Crippen molar-refractivity contribution < 1.29 is 9.53 Å². The van der Waals surface area contributed by atoms with Gasteiger partial charge in [0.25, 0.3) is 5.56 Å². The Hall–Kier alpha value is -3.45. The molecule has 33 heavy (non-hydrogen) atoms. The van der Waals surface area contributed by atoms with E-state index in [2.05, 4.69) is 15.3 Å². The summed E-state index contributed by atoms with van der Waals surface area (Å²) in [7, 11) is 0. The summed E-state index contributed by atoms with van der Waals surface area (Å²) in [5.74, 6) is 0.441. The van der Waals surface area contributed by atoms with Gasteiger partial charge in [-0.15, -0.1) is 0 Å². The molecule has 3 aromatic rings. The third-order valence-corrected chi connectivity index (χ3v) is 6.21. The van der Waals surface area contributed by atoms with Gasteiger partial charge in [0.2, 0.25) is 11.9 Å². The largest absolute Gasteiger partial charge is 0.378 e. The van der Waals surface area contributed by atoms with Crippen LogP contribution in [0.5, 0.6) is 0 Å². The summed E-state index contributed by atoms with van der Waals surface area (Å²) in [6.45, 7) is 6.46. The third-order valence-electron chi connectivity index (χ3n) is 6.21. The van der Waals surface area contributed by atoms with Crippen LogP contribution in [-0.2, 0) is 21.5 Å². The van der Waals surface area contributed by atoms with Gasteiger partial charge in [0.05, 0.1) is 18.8 Å². The van der Waals surface area contributed by atoms with Crippen LogP contribution in [0, 0.1) is 6.92 Å². The summed E-state index contributed by atoms with van der Waals surface area (Å²) in [5.41, 5.74) is 2.32. The van der Waals surface area contributed by atoms with Gasteiger partial charge in [-0.2, -0.15) is 0 Å². The first-order valence-corrected chi connectivity index (χ1v) is 11.3. The number of aromatic amines is 1. The molecule has 0 saturated carbocycles. The molecule has 1 aliphatic rings. The minimum atomic E-state index is -0.681. The van der Waals surface area contributed by atoms with E-state index in [9.17, 15) is 9.59 Å². The number of rotatable bonds is 7. The van der Waals surface area contributed by atoms with Crippen LogP contribution in [0.4, 0.5) is 5.95 Å². The highest BCUT2D eigenvalue weighted by molar-refractivity contribution is 5.78. The molecular formula is C26H30N4O3. The molecule has 1 saturated heterocycles. The van der Waals surface area contributed by atoms with E-state index < -0.39 is 5.54 Å². The van der Waals surface area contributed by atoms with Gasteiger partial charge in [-0.05, 0) is 31.4 Å². The third kappa shape index (κ3) is 5.14. The van der Waals surface area contributed by atoms with Gasteiger partial charge < -0.3 is 15.0 Å². The summed E-state index contributed by atoms with van der Waals surface area (Å²) < 4.78 is 5.37. The minimum absolute atomic E-state index is 0.124. The highest BCUT2D eigenvalue weighted by atomic mass is 16.5. The van der Waals surface area contributed by atoms with E-state index in [0.29, 0.717) is 49.9 Å². The van der Waals surface area contributed by atoms with Crippen LogP contribution in [0.25, 0.3) is 0 Å². The molecule has 0 aliphatic carbocycles. The van der Waals surface area contributed by atoms with Crippen LogP contribution in [0.15, 0.2) is 65.5 Å². The number of H-pyrrole nitrogens is 1.